The van der Waals surface area contributed by atoms with Crippen molar-refractivity contribution in [3.63, 3.8) is 0 Å². The zero-order valence-electron chi connectivity index (χ0n) is 6.52. The van der Waals surface area contributed by atoms with Gasteiger partial charge in [-0.2, -0.15) is 13.2 Å². The normalized spacial score (nSPS) is 11.5. The Labute approximate surface area is 80.9 Å². The maximum atomic E-state index is 12.1. The minimum atomic E-state index is -4.37. The van der Waals surface area contributed by atoms with Crippen molar-refractivity contribution in [1.82, 2.24) is 4.98 Å². The fourth-order valence-electron chi connectivity index (χ4n) is 0.731. The van der Waals surface area contributed by atoms with E-state index in [-0.39, 0.29) is 10.4 Å². The third kappa shape index (κ3) is 2.33. The Bertz CT molecular complexity index is 313. The Morgan fingerprint density at radius 2 is 2.08 bits per heavy atom. The van der Waals surface area contributed by atoms with E-state index < -0.39 is 11.7 Å². The van der Waals surface area contributed by atoms with Crippen molar-refractivity contribution in [3.05, 3.63) is 22.3 Å². The molecule has 0 saturated carbocycles. The van der Waals surface area contributed by atoms with E-state index in [1.54, 1.807) is 0 Å². The Balaban J connectivity index is 3.10. The highest BCUT2D eigenvalue weighted by Crippen LogP contribution is 2.32. The minimum absolute atomic E-state index is 0.132. The molecule has 6 heteroatoms. The highest BCUT2D eigenvalue weighted by molar-refractivity contribution is 9.10. The highest BCUT2D eigenvalue weighted by atomic mass is 79.9. The molecule has 0 aromatic carbocycles. The van der Waals surface area contributed by atoms with Crippen molar-refractivity contribution in [2.45, 2.75) is 6.18 Å². The molecule has 1 rings (SSSR count). The molecular weight excluding hydrogens is 251 g/mol. The summed E-state index contributed by atoms with van der Waals surface area (Å²) in [6, 6.07) is 0.922. The van der Waals surface area contributed by atoms with Gasteiger partial charge in [-0.3, -0.25) is 0 Å². The molecule has 0 saturated heterocycles. The van der Waals surface area contributed by atoms with Gasteiger partial charge in [0.25, 0.3) is 0 Å². The number of methoxy groups -OCH3 is 1. The van der Waals surface area contributed by atoms with Crippen LogP contribution in [0.5, 0.6) is 5.88 Å². The summed E-state index contributed by atoms with van der Waals surface area (Å²) in [5.74, 6) is 0.132. The first-order chi connectivity index (χ1) is 5.95. The van der Waals surface area contributed by atoms with E-state index in [1.807, 2.05) is 0 Å². The Morgan fingerprint density at radius 1 is 1.46 bits per heavy atom. The number of rotatable bonds is 1. The molecule has 1 heterocycles. The van der Waals surface area contributed by atoms with Crippen molar-refractivity contribution in [2.75, 3.05) is 7.11 Å². The molecule has 0 fully saturated rings. The van der Waals surface area contributed by atoms with Gasteiger partial charge in [0.15, 0.2) is 0 Å². The van der Waals surface area contributed by atoms with Crippen LogP contribution in [0.4, 0.5) is 13.2 Å². The van der Waals surface area contributed by atoms with Gasteiger partial charge in [-0.05, 0) is 22.0 Å². The topological polar surface area (TPSA) is 22.1 Å². The Kier molecular flexibility index (Phi) is 2.80. The lowest BCUT2D eigenvalue weighted by molar-refractivity contribution is -0.137. The zero-order valence-corrected chi connectivity index (χ0v) is 8.11. The summed E-state index contributed by atoms with van der Waals surface area (Å²) in [5, 5.41) is 0. The van der Waals surface area contributed by atoms with Crippen molar-refractivity contribution < 1.29 is 17.9 Å². The van der Waals surface area contributed by atoms with Crippen LogP contribution in [-0.4, -0.2) is 12.1 Å². The van der Waals surface area contributed by atoms with Gasteiger partial charge in [0.05, 0.1) is 17.1 Å². The third-order valence-electron chi connectivity index (χ3n) is 1.33. The van der Waals surface area contributed by atoms with E-state index in [4.69, 9.17) is 0 Å². The van der Waals surface area contributed by atoms with Crippen molar-refractivity contribution in [1.29, 1.82) is 0 Å². The molecule has 0 aliphatic carbocycles. The van der Waals surface area contributed by atoms with E-state index in [1.165, 1.54) is 7.11 Å². The molecule has 1 aromatic heterocycles. The van der Waals surface area contributed by atoms with E-state index in [2.05, 4.69) is 25.7 Å². The molecule has 0 amide bonds. The van der Waals surface area contributed by atoms with Gasteiger partial charge in [0.1, 0.15) is 0 Å². The van der Waals surface area contributed by atoms with E-state index in [9.17, 15) is 13.2 Å². The smallest absolute Gasteiger partial charge is 0.417 e. The summed E-state index contributed by atoms with van der Waals surface area (Å²) < 4.78 is 41.2. The first-order valence-corrected chi connectivity index (χ1v) is 4.01. The molecule has 1 aromatic rings. The van der Waals surface area contributed by atoms with Crippen LogP contribution in [0, 0.1) is 0 Å². The van der Waals surface area contributed by atoms with Crippen LogP contribution in [0.15, 0.2) is 16.7 Å². The monoisotopic (exact) mass is 255 g/mol. The Hall–Kier alpha value is -0.780. The second-order valence-electron chi connectivity index (χ2n) is 2.21. The van der Waals surface area contributed by atoms with Crippen molar-refractivity contribution >= 4 is 15.9 Å². The molecule has 13 heavy (non-hydrogen) atoms. The highest BCUT2D eigenvalue weighted by Gasteiger charge is 2.31. The van der Waals surface area contributed by atoms with E-state index in [0.717, 1.165) is 12.3 Å². The molecule has 0 unspecified atom stereocenters. The number of hydrogen-bond acceptors (Lipinski definition) is 2. The molecule has 0 atom stereocenters. The zero-order chi connectivity index (χ0) is 10.1. The Morgan fingerprint density at radius 3 is 2.46 bits per heavy atom. The van der Waals surface area contributed by atoms with Crippen LogP contribution >= 0.6 is 15.9 Å². The first-order valence-electron chi connectivity index (χ1n) is 3.22. The lowest BCUT2D eigenvalue weighted by atomic mass is 10.3. The second-order valence-corrected chi connectivity index (χ2v) is 3.07. The number of halogens is 4. The van der Waals surface area contributed by atoms with Crippen LogP contribution in [0.1, 0.15) is 5.56 Å². The molecule has 0 N–H and O–H groups in total. The first kappa shape index (κ1) is 10.3. The van der Waals surface area contributed by atoms with Crippen LogP contribution < -0.4 is 4.74 Å². The summed E-state index contributed by atoms with van der Waals surface area (Å²) in [7, 11) is 1.33. The lowest BCUT2D eigenvalue weighted by Crippen LogP contribution is -2.05. The maximum Gasteiger partial charge on any atom is 0.417 e. The van der Waals surface area contributed by atoms with E-state index in [0.29, 0.717) is 0 Å². The number of aromatic nitrogens is 1. The molecule has 0 spiro atoms. The summed E-state index contributed by atoms with van der Waals surface area (Å²) in [6.45, 7) is 0. The lowest BCUT2D eigenvalue weighted by Gasteiger charge is -2.07. The average molecular weight is 256 g/mol. The van der Waals surface area contributed by atoms with Crippen LogP contribution in [0.3, 0.4) is 0 Å². The summed E-state index contributed by atoms with van der Waals surface area (Å²) in [6.07, 6.45) is -3.65. The van der Waals surface area contributed by atoms with Crippen LogP contribution in [-0.2, 0) is 6.18 Å². The molecule has 72 valence electrons. The molecule has 0 bridgehead atoms. The molecule has 0 radical (unpaired) electrons. The van der Waals surface area contributed by atoms with E-state index >= 15 is 0 Å². The standard InChI is InChI=1S/C7H5BrF3NO/c1-13-6-5(8)2-4(3-12-6)7(9,10)11/h2-3H,1H3. The minimum Gasteiger partial charge on any atom is -0.480 e. The van der Waals surface area contributed by atoms with Gasteiger partial charge < -0.3 is 4.74 Å². The maximum absolute atomic E-state index is 12.1. The van der Waals surface area contributed by atoms with Crippen LogP contribution in [0.2, 0.25) is 0 Å². The summed E-state index contributed by atoms with van der Waals surface area (Å²) in [4.78, 5) is 3.47. The quantitative estimate of drug-likeness (QED) is 0.770. The molecule has 0 aliphatic rings. The number of pyridine rings is 1. The number of ether oxygens (including phenoxy) is 1. The fourth-order valence-corrected chi connectivity index (χ4v) is 1.24. The van der Waals surface area contributed by atoms with Gasteiger partial charge in [-0.15, -0.1) is 0 Å². The largest absolute Gasteiger partial charge is 0.480 e. The number of alkyl halides is 3. The van der Waals surface area contributed by atoms with Gasteiger partial charge in [-0.1, -0.05) is 0 Å². The number of nitrogens with zero attached hydrogens (tertiary/aromatic N) is 1. The van der Waals surface area contributed by atoms with Crippen molar-refractivity contribution in [3.8, 4) is 5.88 Å². The third-order valence-corrected chi connectivity index (χ3v) is 1.90. The summed E-state index contributed by atoms with van der Waals surface area (Å²) >= 11 is 2.91. The molecular formula is C7H5BrF3NO. The predicted molar refractivity (Wildman–Crippen MR) is 43.5 cm³/mol. The predicted octanol–water partition coefficient (Wildman–Crippen LogP) is 2.87. The summed E-state index contributed by atoms with van der Waals surface area (Å²) in [5.41, 5.74) is -0.805. The molecule has 2 nitrogen and oxygen atoms in total. The van der Waals surface area contributed by atoms with Gasteiger partial charge >= 0.3 is 6.18 Å². The van der Waals surface area contributed by atoms with Gasteiger partial charge in [0, 0.05) is 6.20 Å². The van der Waals surface area contributed by atoms with Gasteiger partial charge in [0.2, 0.25) is 5.88 Å². The SMILES string of the molecule is COc1ncc(C(F)(F)F)cc1Br. The number of hydrogen-bond donors (Lipinski definition) is 0. The van der Waals surface area contributed by atoms with Crippen LogP contribution in [0.25, 0.3) is 0 Å². The van der Waals surface area contributed by atoms with Gasteiger partial charge in [-0.25, -0.2) is 4.98 Å². The van der Waals surface area contributed by atoms with Crippen molar-refractivity contribution in [2.24, 2.45) is 0 Å². The second kappa shape index (κ2) is 3.53. The average Bonchev–Trinajstić information content (AvgIpc) is 2.02. The molecule has 0 aliphatic heterocycles. The fraction of sp³-hybridized carbons (Fsp3) is 0.286.